The summed E-state index contributed by atoms with van der Waals surface area (Å²) in [6.07, 6.45) is -4.40. The molecule has 0 N–H and O–H groups in total. The van der Waals surface area contributed by atoms with Crippen molar-refractivity contribution in [2.75, 3.05) is 19.0 Å². The van der Waals surface area contributed by atoms with Crippen molar-refractivity contribution in [2.45, 2.75) is 20.0 Å². The molecule has 4 nitrogen and oxygen atoms in total. The molecular weight excluding hydrogens is 361 g/mol. The number of rotatable bonds is 6. The fourth-order valence-electron chi connectivity index (χ4n) is 1.93. The van der Waals surface area contributed by atoms with Crippen LogP contribution in [-0.2, 0) is 6.18 Å². The van der Waals surface area contributed by atoms with Crippen LogP contribution in [0.2, 0.25) is 0 Å². The van der Waals surface area contributed by atoms with Gasteiger partial charge in [-0.1, -0.05) is 24.4 Å². The summed E-state index contributed by atoms with van der Waals surface area (Å²) in [6, 6.07) is 7.05. The molecular formula is C18H19F3N4S. The number of allylic oxidation sites excluding steroid dienone is 2. The number of halogens is 3. The van der Waals surface area contributed by atoms with Gasteiger partial charge in [0.2, 0.25) is 0 Å². The van der Waals surface area contributed by atoms with E-state index in [1.54, 1.807) is 37.3 Å². The normalized spacial score (nSPS) is 13.4. The highest BCUT2D eigenvalue weighted by Crippen LogP contribution is 2.33. The summed E-state index contributed by atoms with van der Waals surface area (Å²) >= 11 is 1.23. The molecule has 0 aliphatic carbocycles. The topological polar surface area (TPSA) is 51.8 Å². The largest absolute Gasteiger partial charge is 0.416 e. The Bertz CT molecular complexity index is 801. The number of azo groups is 1. The Morgan fingerprint density at radius 1 is 1.35 bits per heavy atom. The lowest BCUT2D eigenvalue weighted by Gasteiger charge is -2.21. The monoisotopic (exact) mass is 380 g/mol. The fraction of sp³-hybridized carbons (Fsp3) is 0.278. The first-order valence-corrected chi connectivity index (χ1v) is 8.34. The van der Waals surface area contributed by atoms with E-state index in [2.05, 4.69) is 16.8 Å². The number of hydrogen-bond acceptors (Lipinski definition) is 5. The zero-order valence-electron chi connectivity index (χ0n) is 14.9. The van der Waals surface area contributed by atoms with Crippen molar-refractivity contribution in [3.05, 3.63) is 63.7 Å². The Kier molecular flexibility index (Phi) is 7.65. The van der Waals surface area contributed by atoms with Crippen LogP contribution < -0.4 is 4.90 Å². The molecule has 0 unspecified atom stereocenters. The quantitative estimate of drug-likeness (QED) is 0.339. The van der Waals surface area contributed by atoms with Crippen molar-refractivity contribution in [3.8, 4) is 6.07 Å². The van der Waals surface area contributed by atoms with E-state index in [9.17, 15) is 13.2 Å². The van der Waals surface area contributed by atoms with Crippen molar-refractivity contribution in [2.24, 2.45) is 10.2 Å². The molecule has 0 atom stereocenters. The van der Waals surface area contributed by atoms with Gasteiger partial charge in [0.25, 0.3) is 0 Å². The smallest absolute Gasteiger partial charge is 0.340 e. The molecule has 0 spiro atoms. The first kappa shape index (κ1) is 21.5. The Labute approximate surface area is 155 Å². The molecule has 0 saturated heterocycles. The van der Waals surface area contributed by atoms with Crippen molar-refractivity contribution in [1.82, 2.24) is 0 Å². The maximum absolute atomic E-state index is 12.9. The summed E-state index contributed by atoms with van der Waals surface area (Å²) in [6.45, 7) is 7.30. The highest BCUT2D eigenvalue weighted by atomic mass is 32.2. The molecule has 138 valence electrons. The number of thioether (sulfide) groups is 1. The molecule has 0 aromatic heterocycles. The number of benzene rings is 1. The van der Waals surface area contributed by atoms with Gasteiger partial charge in [0.05, 0.1) is 22.2 Å². The van der Waals surface area contributed by atoms with Crippen molar-refractivity contribution < 1.29 is 13.2 Å². The van der Waals surface area contributed by atoms with E-state index in [-0.39, 0.29) is 0 Å². The van der Waals surface area contributed by atoms with Gasteiger partial charge < -0.3 is 4.90 Å². The molecule has 0 heterocycles. The number of nitriles is 1. The molecule has 0 fully saturated rings. The maximum Gasteiger partial charge on any atom is 0.416 e. The van der Waals surface area contributed by atoms with Crippen LogP contribution in [0.5, 0.6) is 0 Å². The van der Waals surface area contributed by atoms with Crippen LogP contribution in [0.15, 0.2) is 68.4 Å². The van der Waals surface area contributed by atoms with Gasteiger partial charge in [0, 0.05) is 19.8 Å². The van der Waals surface area contributed by atoms with Gasteiger partial charge in [-0.15, -0.1) is 0 Å². The van der Waals surface area contributed by atoms with E-state index in [0.29, 0.717) is 27.6 Å². The Morgan fingerprint density at radius 3 is 2.54 bits per heavy atom. The number of hydrogen-bond donors (Lipinski definition) is 0. The SMILES string of the molecule is C=C(S/C=C(C)/C(N=NC)=C(/C)C#N)N(C)c1cccc(C(F)(F)F)c1. The first-order chi connectivity index (χ1) is 12.1. The summed E-state index contributed by atoms with van der Waals surface area (Å²) in [5.41, 5.74) is 1.24. The minimum absolute atomic E-state index is 0.376. The maximum atomic E-state index is 12.9. The van der Waals surface area contributed by atoms with Gasteiger partial charge in [-0.3, -0.25) is 0 Å². The second-order valence-corrected chi connectivity index (χ2v) is 6.25. The molecule has 0 aliphatic heterocycles. The number of alkyl halides is 3. The first-order valence-electron chi connectivity index (χ1n) is 7.46. The van der Waals surface area contributed by atoms with Gasteiger partial charge in [0.1, 0.15) is 5.70 Å². The summed E-state index contributed by atoms with van der Waals surface area (Å²) in [4.78, 5) is 1.56. The van der Waals surface area contributed by atoms with Gasteiger partial charge in [-0.2, -0.15) is 28.7 Å². The molecule has 26 heavy (non-hydrogen) atoms. The lowest BCUT2D eigenvalue weighted by Crippen LogP contribution is -2.14. The van der Waals surface area contributed by atoms with E-state index in [1.807, 2.05) is 6.07 Å². The molecule has 1 aromatic carbocycles. The van der Waals surface area contributed by atoms with Crippen LogP contribution in [0.3, 0.4) is 0 Å². The second-order valence-electron chi connectivity index (χ2n) is 5.30. The van der Waals surface area contributed by atoms with E-state index in [0.717, 1.165) is 12.1 Å². The minimum atomic E-state index is -4.40. The van der Waals surface area contributed by atoms with Gasteiger partial charge in [-0.25, -0.2) is 0 Å². The predicted octanol–water partition coefficient (Wildman–Crippen LogP) is 6.13. The van der Waals surface area contributed by atoms with Crippen molar-refractivity contribution in [1.29, 1.82) is 5.26 Å². The molecule has 8 heteroatoms. The van der Waals surface area contributed by atoms with Crippen LogP contribution in [0.1, 0.15) is 19.4 Å². The van der Waals surface area contributed by atoms with E-state index >= 15 is 0 Å². The third-order valence-corrected chi connectivity index (χ3v) is 4.42. The Balaban J connectivity index is 2.99. The van der Waals surface area contributed by atoms with Gasteiger partial charge in [-0.05, 0) is 43.0 Å². The van der Waals surface area contributed by atoms with Crippen molar-refractivity contribution in [3.63, 3.8) is 0 Å². The van der Waals surface area contributed by atoms with E-state index < -0.39 is 11.7 Å². The van der Waals surface area contributed by atoms with E-state index in [4.69, 9.17) is 5.26 Å². The average molecular weight is 380 g/mol. The lowest BCUT2D eigenvalue weighted by atomic mass is 10.1. The Morgan fingerprint density at radius 2 is 2.00 bits per heavy atom. The van der Waals surface area contributed by atoms with Crippen LogP contribution in [0.4, 0.5) is 18.9 Å². The highest BCUT2D eigenvalue weighted by molar-refractivity contribution is 8.05. The molecule has 1 aromatic rings. The number of anilines is 1. The fourth-order valence-corrected chi connectivity index (χ4v) is 2.62. The third-order valence-electron chi connectivity index (χ3n) is 3.40. The van der Waals surface area contributed by atoms with Crippen LogP contribution in [0.25, 0.3) is 0 Å². The zero-order valence-corrected chi connectivity index (χ0v) is 15.7. The lowest BCUT2D eigenvalue weighted by molar-refractivity contribution is -0.137. The summed E-state index contributed by atoms with van der Waals surface area (Å²) in [5.74, 6) is 0. The van der Waals surface area contributed by atoms with Gasteiger partial charge >= 0.3 is 6.18 Å². The van der Waals surface area contributed by atoms with Crippen LogP contribution >= 0.6 is 11.8 Å². The molecule has 1 rings (SSSR count). The molecule has 0 amide bonds. The molecule has 0 aliphatic rings. The highest BCUT2D eigenvalue weighted by Gasteiger charge is 2.30. The average Bonchev–Trinajstić information content (AvgIpc) is 2.61. The molecule has 0 bridgehead atoms. The zero-order chi connectivity index (χ0) is 19.9. The Hall–Kier alpha value is -2.53. The van der Waals surface area contributed by atoms with Crippen LogP contribution in [-0.4, -0.2) is 14.1 Å². The summed E-state index contributed by atoms with van der Waals surface area (Å²) in [7, 11) is 3.14. The summed E-state index contributed by atoms with van der Waals surface area (Å²) in [5, 5.41) is 18.9. The third kappa shape index (κ3) is 5.77. The van der Waals surface area contributed by atoms with Crippen molar-refractivity contribution >= 4 is 17.4 Å². The molecule has 0 saturated carbocycles. The van der Waals surface area contributed by atoms with Gasteiger partial charge in [0.15, 0.2) is 0 Å². The molecule has 0 radical (unpaired) electrons. The van der Waals surface area contributed by atoms with Crippen LogP contribution in [0, 0.1) is 11.3 Å². The standard InChI is InChI=1S/C18H19F3N4S/c1-12(10-22)17(24-23-4)13(2)11-26-14(3)25(5)16-8-6-7-15(9-16)18(19,20)21/h6-9,11H,3H2,1-2,4-5H3/b13-11+,17-12+,24-23?. The summed E-state index contributed by atoms with van der Waals surface area (Å²) < 4.78 is 38.6. The predicted molar refractivity (Wildman–Crippen MR) is 99.4 cm³/mol. The van der Waals surface area contributed by atoms with E-state index in [1.165, 1.54) is 24.9 Å². The number of nitrogens with zero attached hydrogens (tertiary/aromatic N) is 4. The second kappa shape index (κ2) is 9.25. The minimum Gasteiger partial charge on any atom is -0.340 e.